The number of carbonyl (C=O) groups excluding carboxylic acids is 1. The van der Waals surface area contributed by atoms with E-state index in [1.54, 1.807) is 0 Å². The molecule has 3 saturated carbocycles. The second-order valence-corrected chi connectivity index (χ2v) is 6.37. The van der Waals surface area contributed by atoms with Crippen LogP contribution in [0.15, 0.2) is 24.3 Å². The Bertz CT molecular complexity index is 490. The highest BCUT2D eigenvalue weighted by atomic mass is 16.5. The number of nitrogens with one attached hydrogen (secondary N) is 2. The minimum atomic E-state index is 0.00140. The molecule has 3 aliphatic carbocycles. The first-order chi connectivity index (χ1) is 9.55. The zero-order chi connectivity index (χ0) is 14.2. The van der Waals surface area contributed by atoms with Crippen molar-refractivity contribution < 1.29 is 9.53 Å². The number of hydrogen-bond acceptors (Lipinski definition) is 3. The Hall–Kier alpha value is -1.39. The fraction of sp³-hybridized carbons (Fsp3) is 0.562. The van der Waals surface area contributed by atoms with Gasteiger partial charge in [-0.05, 0) is 38.8 Å². The maximum Gasteiger partial charge on any atom is 0.246 e. The van der Waals surface area contributed by atoms with E-state index in [1.165, 1.54) is 5.56 Å². The molecule has 20 heavy (non-hydrogen) atoms. The molecule has 0 radical (unpaired) electrons. The maximum atomic E-state index is 11.9. The molecule has 108 valence electrons. The second kappa shape index (κ2) is 4.86. The maximum absolute atomic E-state index is 11.9. The van der Waals surface area contributed by atoms with E-state index in [4.69, 9.17) is 4.74 Å². The average molecular weight is 274 g/mol. The molecule has 1 aromatic carbocycles. The minimum absolute atomic E-state index is 0.00140. The lowest BCUT2D eigenvalue weighted by Gasteiger charge is -2.70. The molecule has 1 aromatic rings. The van der Waals surface area contributed by atoms with Crippen molar-refractivity contribution in [2.45, 2.75) is 43.9 Å². The first kappa shape index (κ1) is 13.6. The molecule has 2 bridgehead atoms. The Morgan fingerprint density at radius 1 is 1.20 bits per heavy atom. The zero-order valence-electron chi connectivity index (χ0n) is 12.2. The number of hydrogen-bond donors (Lipinski definition) is 2. The predicted molar refractivity (Wildman–Crippen MR) is 77.4 cm³/mol. The van der Waals surface area contributed by atoms with E-state index in [-0.39, 0.29) is 18.1 Å². The summed E-state index contributed by atoms with van der Waals surface area (Å²) in [6.45, 7) is 2.68. The molecule has 0 heterocycles. The number of ether oxygens (including phenoxy) is 1. The van der Waals surface area contributed by atoms with E-state index in [0.717, 1.165) is 24.8 Å². The molecule has 1 amide bonds. The van der Waals surface area contributed by atoms with Gasteiger partial charge in [-0.15, -0.1) is 0 Å². The van der Waals surface area contributed by atoms with E-state index < -0.39 is 0 Å². The topological polar surface area (TPSA) is 50.4 Å². The van der Waals surface area contributed by atoms with Crippen LogP contribution in [0.5, 0.6) is 0 Å². The van der Waals surface area contributed by atoms with Crippen LogP contribution in [0, 0.1) is 6.92 Å². The van der Waals surface area contributed by atoms with Crippen LogP contribution in [0.4, 0.5) is 0 Å². The van der Waals surface area contributed by atoms with Gasteiger partial charge < -0.3 is 15.4 Å². The molecule has 0 aromatic heterocycles. The highest BCUT2D eigenvalue weighted by Gasteiger charge is 2.67. The molecular formula is C16H22N2O2. The zero-order valence-corrected chi connectivity index (χ0v) is 12.2. The van der Waals surface area contributed by atoms with Gasteiger partial charge in [-0.2, -0.15) is 0 Å². The van der Waals surface area contributed by atoms with Gasteiger partial charge in [-0.3, -0.25) is 4.79 Å². The van der Waals surface area contributed by atoms with Crippen LogP contribution in [-0.4, -0.2) is 30.6 Å². The van der Waals surface area contributed by atoms with Crippen molar-refractivity contribution in [1.82, 2.24) is 10.6 Å². The fourth-order valence-corrected chi connectivity index (χ4v) is 3.46. The summed E-state index contributed by atoms with van der Waals surface area (Å²) in [5.74, 6) is 0.00140. The van der Waals surface area contributed by atoms with Gasteiger partial charge in [0.25, 0.3) is 0 Å². The normalized spacial score (nSPS) is 30.3. The summed E-state index contributed by atoms with van der Waals surface area (Å²) >= 11 is 0. The van der Waals surface area contributed by atoms with Gasteiger partial charge >= 0.3 is 0 Å². The van der Waals surface area contributed by atoms with Crippen molar-refractivity contribution in [2.75, 3.05) is 13.7 Å². The molecule has 4 heteroatoms. The molecule has 2 N–H and O–H groups in total. The van der Waals surface area contributed by atoms with Crippen LogP contribution in [0.3, 0.4) is 0 Å². The van der Waals surface area contributed by atoms with E-state index in [0.29, 0.717) is 12.1 Å². The Balaban J connectivity index is 1.37. The Morgan fingerprint density at radius 3 is 2.45 bits per heavy atom. The largest absolute Gasteiger partial charge is 0.367 e. The van der Waals surface area contributed by atoms with Crippen molar-refractivity contribution >= 4 is 5.91 Å². The quantitative estimate of drug-likeness (QED) is 0.827. The van der Waals surface area contributed by atoms with Crippen LogP contribution in [0.25, 0.3) is 0 Å². The summed E-state index contributed by atoms with van der Waals surface area (Å²) < 4.78 is 5.48. The molecule has 0 spiro atoms. The van der Waals surface area contributed by atoms with E-state index >= 15 is 0 Å². The lowest BCUT2D eigenvalue weighted by atomic mass is 9.44. The lowest BCUT2D eigenvalue weighted by Crippen LogP contribution is -2.83. The molecule has 0 unspecified atom stereocenters. The molecule has 0 atom stereocenters. The monoisotopic (exact) mass is 274 g/mol. The smallest absolute Gasteiger partial charge is 0.246 e. The van der Waals surface area contributed by atoms with Crippen LogP contribution < -0.4 is 10.6 Å². The van der Waals surface area contributed by atoms with Crippen molar-refractivity contribution in [3.63, 3.8) is 0 Å². The number of benzene rings is 1. The summed E-state index contributed by atoms with van der Waals surface area (Å²) in [6.07, 6.45) is 3.17. The minimum Gasteiger partial charge on any atom is -0.367 e. The third-order valence-corrected chi connectivity index (χ3v) is 4.59. The highest BCUT2D eigenvalue weighted by Crippen LogP contribution is 2.60. The van der Waals surface area contributed by atoms with E-state index in [9.17, 15) is 4.79 Å². The van der Waals surface area contributed by atoms with E-state index in [2.05, 4.69) is 29.7 Å². The van der Waals surface area contributed by atoms with Gasteiger partial charge in [-0.1, -0.05) is 29.8 Å². The third-order valence-electron chi connectivity index (χ3n) is 4.59. The number of carbonyl (C=O) groups is 1. The third kappa shape index (κ3) is 2.45. The summed E-state index contributed by atoms with van der Waals surface area (Å²) in [7, 11) is 2.00. The first-order valence-electron chi connectivity index (χ1n) is 7.18. The number of amides is 1. The molecule has 0 saturated heterocycles. The van der Waals surface area contributed by atoms with Crippen LogP contribution in [0.2, 0.25) is 0 Å². The van der Waals surface area contributed by atoms with E-state index in [1.807, 2.05) is 19.2 Å². The van der Waals surface area contributed by atoms with Gasteiger partial charge in [0.05, 0.1) is 6.61 Å². The number of aryl methyl sites for hydroxylation is 1. The van der Waals surface area contributed by atoms with Crippen LogP contribution >= 0.6 is 0 Å². The van der Waals surface area contributed by atoms with Crippen molar-refractivity contribution in [3.8, 4) is 0 Å². The highest BCUT2D eigenvalue weighted by molar-refractivity contribution is 5.79. The summed E-state index contributed by atoms with van der Waals surface area (Å²) in [6, 6.07) is 8.17. The van der Waals surface area contributed by atoms with Crippen molar-refractivity contribution in [2.24, 2.45) is 0 Å². The van der Waals surface area contributed by atoms with Crippen LogP contribution in [-0.2, 0) is 16.1 Å². The van der Waals surface area contributed by atoms with Crippen LogP contribution in [0.1, 0.15) is 30.4 Å². The summed E-state index contributed by atoms with van der Waals surface area (Å²) in [5, 5.41) is 6.44. The number of rotatable bonds is 6. The fourth-order valence-electron chi connectivity index (χ4n) is 3.46. The second-order valence-electron chi connectivity index (χ2n) is 6.37. The Kier molecular flexibility index (Phi) is 3.30. The van der Waals surface area contributed by atoms with Gasteiger partial charge in [0.15, 0.2) is 0 Å². The average Bonchev–Trinajstić information content (AvgIpc) is 2.34. The van der Waals surface area contributed by atoms with Gasteiger partial charge in [0.1, 0.15) is 6.61 Å². The first-order valence-corrected chi connectivity index (χ1v) is 7.18. The predicted octanol–water partition coefficient (Wildman–Crippen LogP) is 1.52. The molecule has 4 nitrogen and oxygen atoms in total. The summed E-state index contributed by atoms with van der Waals surface area (Å²) in [4.78, 5) is 11.9. The lowest BCUT2D eigenvalue weighted by molar-refractivity contribution is -0.144. The molecule has 4 rings (SSSR count). The van der Waals surface area contributed by atoms with Crippen molar-refractivity contribution in [1.29, 1.82) is 0 Å². The molecule has 0 aliphatic heterocycles. The standard InChI is InChI=1S/C16H22N2O2/c1-12-3-5-13(6-4-12)7-20-8-14(19)18-16-9-15(10-16,11-16)17-2/h3-6,17H,7-11H2,1-2H3,(H,18,19). The van der Waals surface area contributed by atoms with Gasteiger partial charge in [0.2, 0.25) is 5.91 Å². The summed E-state index contributed by atoms with van der Waals surface area (Å²) in [5.41, 5.74) is 2.71. The Morgan fingerprint density at radius 2 is 1.85 bits per heavy atom. The van der Waals surface area contributed by atoms with Gasteiger partial charge in [-0.25, -0.2) is 0 Å². The Labute approximate surface area is 119 Å². The van der Waals surface area contributed by atoms with Crippen molar-refractivity contribution in [3.05, 3.63) is 35.4 Å². The molecule has 3 aliphatic rings. The van der Waals surface area contributed by atoms with Gasteiger partial charge in [0, 0.05) is 11.1 Å². The molecular weight excluding hydrogens is 252 g/mol. The molecule has 3 fully saturated rings. The SMILES string of the molecule is CNC12CC(NC(=O)COCc3ccc(C)cc3)(C1)C2.